The molecule has 2 fully saturated rings. The van der Waals surface area contributed by atoms with E-state index in [2.05, 4.69) is 4.90 Å². The zero-order chi connectivity index (χ0) is 14.8. The molecule has 4 heteroatoms. The molecule has 2 aliphatic rings. The van der Waals surface area contributed by atoms with E-state index in [0.29, 0.717) is 6.42 Å². The Morgan fingerprint density at radius 2 is 1.75 bits per heavy atom. The van der Waals surface area contributed by atoms with Gasteiger partial charge in [0.2, 0.25) is 5.78 Å². The molecule has 0 bridgehead atoms. The van der Waals surface area contributed by atoms with Crippen molar-refractivity contribution in [3.05, 3.63) is 0 Å². The van der Waals surface area contributed by atoms with Gasteiger partial charge in [-0.25, -0.2) is 0 Å². The number of nitrogens with zero attached hydrogens (tertiary/aromatic N) is 2. The third kappa shape index (κ3) is 3.22. The van der Waals surface area contributed by atoms with Gasteiger partial charge >= 0.3 is 0 Å². The number of likely N-dealkylation sites (tertiary alicyclic amines) is 2. The third-order valence-corrected chi connectivity index (χ3v) is 5.00. The zero-order valence-corrected chi connectivity index (χ0v) is 13.2. The average molecular weight is 280 g/mol. The minimum atomic E-state index is -0.530. The lowest BCUT2D eigenvalue weighted by Gasteiger charge is -2.30. The fraction of sp³-hybridized carbons (Fsp3) is 0.875. The summed E-state index contributed by atoms with van der Waals surface area (Å²) in [4.78, 5) is 29.1. The third-order valence-electron chi connectivity index (χ3n) is 5.00. The summed E-state index contributed by atoms with van der Waals surface area (Å²) in [6, 6.07) is 0.247. The molecule has 2 aliphatic heterocycles. The van der Waals surface area contributed by atoms with Crippen LogP contribution in [0.15, 0.2) is 0 Å². The van der Waals surface area contributed by atoms with Gasteiger partial charge < -0.3 is 9.80 Å². The summed E-state index contributed by atoms with van der Waals surface area (Å²) in [7, 11) is 0. The molecule has 0 unspecified atom stereocenters. The Bertz CT molecular complexity index is 373. The van der Waals surface area contributed by atoms with Crippen LogP contribution >= 0.6 is 0 Å². The average Bonchev–Trinajstić information content (AvgIpc) is 3.09. The number of hydrogen-bond donors (Lipinski definition) is 0. The number of carbonyl (C=O) groups is 2. The summed E-state index contributed by atoms with van der Waals surface area (Å²) in [5, 5.41) is 0. The molecular weight excluding hydrogens is 252 g/mol. The van der Waals surface area contributed by atoms with Crippen molar-refractivity contribution in [2.75, 3.05) is 26.2 Å². The number of carbonyl (C=O) groups excluding carboxylic acids is 2. The summed E-state index contributed by atoms with van der Waals surface area (Å²) < 4.78 is 0. The largest absolute Gasteiger partial charge is 0.332 e. The van der Waals surface area contributed by atoms with Crippen molar-refractivity contribution in [1.82, 2.24) is 9.80 Å². The highest BCUT2D eigenvalue weighted by Crippen LogP contribution is 2.26. The van der Waals surface area contributed by atoms with E-state index in [9.17, 15) is 9.59 Å². The summed E-state index contributed by atoms with van der Waals surface area (Å²) in [6.45, 7) is 9.71. The first kappa shape index (κ1) is 15.5. The Morgan fingerprint density at radius 3 is 2.35 bits per heavy atom. The molecular formula is C16H28N2O2. The van der Waals surface area contributed by atoms with Crippen LogP contribution in [0.2, 0.25) is 0 Å². The molecule has 0 radical (unpaired) electrons. The zero-order valence-electron chi connectivity index (χ0n) is 13.2. The number of rotatable bonds is 5. The van der Waals surface area contributed by atoms with Gasteiger partial charge in [0.25, 0.3) is 5.91 Å². The first-order valence-corrected chi connectivity index (χ1v) is 8.03. The van der Waals surface area contributed by atoms with Gasteiger partial charge in [0.1, 0.15) is 0 Å². The lowest BCUT2D eigenvalue weighted by atomic mass is 9.84. The minimum Gasteiger partial charge on any atom is -0.332 e. The van der Waals surface area contributed by atoms with Gasteiger partial charge in [-0.3, -0.25) is 9.59 Å². The molecule has 2 heterocycles. The Balaban J connectivity index is 1.98. The fourth-order valence-corrected chi connectivity index (χ4v) is 3.14. The van der Waals surface area contributed by atoms with E-state index in [1.165, 1.54) is 12.8 Å². The number of ketones is 1. The normalized spacial score (nSPS) is 24.4. The Labute approximate surface area is 122 Å². The fourth-order valence-electron chi connectivity index (χ4n) is 3.14. The highest BCUT2D eigenvalue weighted by molar-refractivity contribution is 6.38. The molecule has 0 aromatic rings. The van der Waals surface area contributed by atoms with E-state index in [-0.39, 0.29) is 17.7 Å². The van der Waals surface area contributed by atoms with Gasteiger partial charge in [0.05, 0.1) is 0 Å². The topological polar surface area (TPSA) is 40.6 Å². The molecule has 0 aromatic carbocycles. The quantitative estimate of drug-likeness (QED) is 0.724. The van der Waals surface area contributed by atoms with Crippen molar-refractivity contribution < 1.29 is 9.59 Å². The Morgan fingerprint density at radius 1 is 1.10 bits per heavy atom. The van der Waals surface area contributed by atoms with Crippen LogP contribution < -0.4 is 0 Å². The van der Waals surface area contributed by atoms with Crippen LogP contribution in [0.25, 0.3) is 0 Å². The first-order chi connectivity index (χ1) is 9.45. The summed E-state index contributed by atoms with van der Waals surface area (Å²) in [5.74, 6) is -0.466. The lowest BCUT2D eigenvalue weighted by molar-refractivity contribution is -0.150. The second kappa shape index (κ2) is 6.25. The van der Waals surface area contributed by atoms with Crippen molar-refractivity contribution >= 4 is 11.7 Å². The maximum absolute atomic E-state index is 12.5. The molecule has 0 spiro atoms. The van der Waals surface area contributed by atoms with Gasteiger partial charge in [0.15, 0.2) is 0 Å². The SMILES string of the molecule is CCC(C)(C)C(=O)C(=O)N1CCC[C@H]1CN1CCCC1. The van der Waals surface area contributed by atoms with Gasteiger partial charge in [-0.1, -0.05) is 20.8 Å². The molecule has 0 aliphatic carbocycles. The monoisotopic (exact) mass is 280 g/mol. The van der Waals surface area contributed by atoms with Gasteiger partial charge in [-0.05, 0) is 45.2 Å². The van der Waals surface area contributed by atoms with Crippen molar-refractivity contribution in [2.24, 2.45) is 5.41 Å². The molecule has 4 nitrogen and oxygen atoms in total. The van der Waals surface area contributed by atoms with E-state index < -0.39 is 5.41 Å². The van der Waals surface area contributed by atoms with Crippen molar-refractivity contribution in [3.8, 4) is 0 Å². The van der Waals surface area contributed by atoms with Gasteiger partial charge in [0, 0.05) is 24.5 Å². The smallest absolute Gasteiger partial charge is 0.290 e. The van der Waals surface area contributed by atoms with Crippen LogP contribution in [0.4, 0.5) is 0 Å². The number of amides is 1. The molecule has 20 heavy (non-hydrogen) atoms. The maximum Gasteiger partial charge on any atom is 0.290 e. The molecule has 1 atom stereocenters. The van der Waals surface area contributed by atoms with E-state index >= 15 is 0 Å². The van der Waals surface area contributed by atoms with Crippen molar-refractivity contribution in [3.63, 3.8) is 0 Å². The molecule has 2 rings (SSSR count). The van der Waals surface area contributed by atoms with Crippen LogP contribution in [-0.4, -0.2) is 53.7 Å². The van der Waals surface area contributed by atoms with Crippen LogP contribution in [0, 0.1) is 5.41 Å². The van der Waals surface area contributed by atoms with Crippen LogP contribution in [0.5, 0.6) is 0 Å². The van der Waals surface area contributed by atoms with Crippen LogP contribution in [0.3, 0.4) is 0 Å². The molecule has 114 valence electrons. The summed E-state index contributed by atoms with van der Waals surface area (Å²) >= 11 is 0. The lowest BCUT2D eigenvalue weighted by Crippen LogP contribution is -2.48. The van der Waals surface area contributed by atoms with E-state index in [0.717, 1.165) is 39.0 Å². The maximum atomic E-state index is 12.5. The molecule has 0 N–H and O–H groups in total. The Kier molecular flexibility index (Phi) is 4.84. The highest BCUT2D eigenvalue weighted by Gasteiger charge is 2.39. The van der Waals surface area contributed by atoms with Crippen LogP contribution in [-0.2, 0) is 9.59 Å². The molecule has 1 amide bonds. The van der Waals surface area contributed by atoms with E-state index in [1.54, 1.807) is 0 Å². The summed E-state index contributed by atoms with van der Waals surface area (Å²) in [5.41, 5.74) is -0.530. The minimum absolute atomic E-state index is 0.215. The standard InChI is InChI=1S/C16H28N2O2/c1-4-16(2,3)14(19)15(20)18-11-7-8-13(18)12-17-9-5-6-10-17/h13H,4-12H2,1-3H3/t13-/m0/s1. The first-order valence-electron chi connectivity index (χ1n) is 8.03. The number of hydrogen-bond acceptors (Lipinski definition) is 3. The van der Waals surface area contributed by atoms with Crippen molar-refractivity contribution in [2.45, 2.75) is 58.9 Å². The second-order valence-electron chi connectivity index (χ2n) is 6.87. The molecule has 0 saturated carbocycles. The van der Waals surface area contributed by atoms with Gasteiger partial charge in [-0.15, -0.1) is 0 Å². The summed E-state index contributed by atoms with van der Waals surface area (Å²) in [6.07, 6.45) is 5.32. The van der Waals surface area contributed by atoms with E-state index in [4.69, 9.17) is 0 Å². The molecule has 0 aromatic heterocycles. The highest BCUT2D eigenvalue weighted by atomic mass is 16.2. The Hall–Kier alpha value is -0.900. The predicted octanol–water partition coefficient (Wildman–Crippen LogP) is 2.08. The van der Waals surface area contributed by atoms with Crippen LogP contribution in [0.1, 0.15) is 52.9 Å². The second-order valence-corrected chi connectivity index (χ2v) is 6.87. The molecule has 2 saturated heterocycles. The van der Waals surface area contributed by atoms with E-state index in [1.807, 2.05) is 25.7 Å². The predicted molar refractivity (Wildman–Crippen MR) is 79.5 cm³/mol. The number of Topliss-reactive ketones (excluding diaryl/α,β-unsaturated/α-hetero) is 1. The van der Waals surface area contributed by atoms with Gasteiger partial charge in [-0.2, -0.15) is 0 Å². The van der Waals surface area contributed by atoms with Crippen molar-refractivity contribution in [1.29, 1.82) is 0 Å².